The molecule has 5 aromatic rings. The molecule has 0 bridgehead atoms. The van der Waals surface area contributed by atoms with Crippen LogP contribution in [0.3, 0.4) is 0 Å². The lowest BCUT2D eigenvalue weighted by atomic mass is 10.1. The zero-order valence-electron chi connectivity index (χ0n) is 28.5. The summed E-state index contributed by atoms with van der Waals surface area (Å²) < 4.78 is 67.3. The van der Waals surface area contributed by atoms with E-state index < -0.39 is 44.2 Å². The van der Waals surface area contributed by atoms with Gasteiger partial charge in [0.25, 0.3) is 5.91 Å². The molecule has 0 saturated carbocycles. The van der Waals surface area contributed by atoms with Crippen molar-refractivity contribution >= 4 is 37.6 Å². The third-order valence-corrected chi connectivity index (χ3v) is 10.9. The maximum absolute atomic E-state index is 14.2. The molecule has 0 fully saturated rings. The van der Waals surface area contributed by atoms with Gasteiger partial charge in [0.15, 0.2) is 0 Å². The molecule has 270 valence electrons. The highest BCUT2D eigenvalue weighted by Crippen LogP contribution is 2.30. The summed E-state index contributed by atoms with van der Waals surface area (Å²) in [6.45, 7) is -0.167. The topological polar surface area (TPSA) is 148 Å². The Labute approximate surface area is 304 Å². The van der Waals surface area contributed by atoms with E-state index in [0.717, 1.165) is 18.2 Å². The highest BCUT2D eigenvalue weighted by Gasteiger charge is 2.26. The fourth-order valence-corrected chi connectivity index (χ4v) is 7.84. The molecule has 0 aliphatic carbocycles. The molecule has 1 amide bonds. The highest BCUT2D eigenvalue weighted by molar-refractivity contribution is 7.92. The average Bonchev–Trinajstić information content (AvgIpc) is 3.15. The van der Waals surface area contributed by atoms with Gasteiger partial charge in [0.05, 0.1) is 36.4 Å². The third kappa shape index (κ3) is 11.0. The number of anilines is 1. The van der Waals surface area contributed by atoms with Crippen molar-refractivity contribution in [2.45, 2.75) is 31.2 Å². The molecule has 2 N–H and O–H groups in total. The lowest BCUT2D eigenvalue weighted by Gasteiger charge is -2.26. The van der Waals surface area contributed by atoms with E-state index in [2.05, 4.69) is 14.8 Å². The van der Waals surface area contributed by atoms with E-state index in [4.69, 9.17) is 4.74 Å². The Balaban J connectivity index is 1.46. The van der Waals surface area contributed by atoms with Gasteiger partial charge in [-0.25, -0.2) is 21.6 Å². The minimum Gasteiger partial charge on any atom is -0.488 e. The molecule has 5 rings (SSSR count). The molecule has 0 heterocycles. The summed E-state index contributed by atoms with van der Waals surface area (Å²) in [6, 6.07) is 38.8. The van der Waals surface area contributed by atoms with E-state index in [-0.39, 0.29) is 42.4 Å². The maximum Gasteiger partial charge on any atom is 0.320 e. The van der Waals surface area contributed by atoms with Crippen LogP contribution in [0.25, 0.3) is 0 Å². The number of nitrogens with one attached hydrogen (secondary N) is 2. The summed E-state index contributed by atoms with van der Waals surface area (Å²) in [4.78, 5) is 25.1. The van der Waals surface area contributed by atoms with Crippen LogP contribution < -0.4 is 19.1 Å². The van der Waals surface area contributed by atoms with Gasteiger partial charge >= 0.3 is 5.97 Å². The number of amides is 1. The van der Waals surface area contributed by atoms with Crippen LogP contribution in [0.4, 0.5) is 5.69 Å². The molecule has 0 aliphatic rings. The summed E-state index contributed by atoms with van der Waals surface area (Å²) in [5, 5.41) is 2.92. The van der Waals surface area contributed by atoms with Crippen LogP contribution in [0.15, 0.2) is 133 Å². The zero-order valence-corrected chi connectivity index (χ0v) is 30.1. The number of benzene rings is 5. The van der Waals surface area contributed by atoms with Crippen molar-refractivity contribution < 1.29 is 35.9 Å². The number of sulfonamides is 2. The van der Waals surface area contributed by atoms with Crippen molar-refractivity contribution in [3.63, 3.8) is 0 Å². The maximum atomic E-state index is 14.2. The Hall–Kier alpha value is -5.50. The molecule has 0 saturated heterocycles. The van der Waals surface area contributed by atoms with Crippen LogP contribution in [0.2, 0.25) is 0 Å². The van der Waals surface area contributed by atoms with Crippen LogP contribution in [0.1, 0.15) is 38.2 Å². The van der Waals surface area contributed by atoms with Crippen LogP contribution >= 0.6 is 0 Å². The lowest BCUT2D eigenvalue weighted by Crippen LogP contribution is -2.32. The molecule has 0 radical (unpaired) electrons. The Morgan fingerprint density at radius 2 is 1.21 bits per heavy atom. The molecule has 0 aliphatic heterocycles. The summed E-state index contributed by atoms with van der Waals surface area (Å²) in [5.74, 6) is -1.59. The molecule has 5 aromatic carbocycles. The Bertz CT molecular complexity index is 2170. The predicted molar refractivity (Wildman–Crippen MR) is 199 cm³/mol. The van der Waals surface area contributed by atoms with Crippen molar-refractivity contribution in [3.8, 4) is 5.75 Å². The van der Waals surface area contributed by atoms with E-state index in [1.165, 1.54) is 10.4 Å². The smallest absolute Gasteiger partial charge is 0.320 e. The molecule has 0 aromatic heterocycles. The first-order valence-corrected chi connectivity index (χ1v) is 19.6. The minimum atomic E-state index is -4.04. The first-order chi connectivity index (χ1) is 25.0. The summed E-state index contributed by atoms with van der Waals surface area (Å²) in [7, 11) is -6.72. The van der Waals surface area contributed by atoms with E-state index >= 15 is 0 Å². The molecule has 11 nitrogen and oxygen atoms in total. The molecule has 0 atom stereocenters. The van der Waals surface area contributed by atoms with Crippen molar-refractivity contribution in [1.29, 1.82) is 0 Å². The second-order valence-electron chi connectivity index (χ2n) is 11.8. The monoisotopic (exact) mass is 741 g/mol. The average molecular weight is 742 g/mol. The first kappa shape index (κ1) is 37.7. The van der Waals surface area contributed by atoms with Crippen LogP contribution in [-0.4, -0.2) is 42.4 Å². The van der Waals surface area contributed by atoms with Gasteiger partial charge in [0.1, 0.15) is 18.9 Å². The normalized spacial score (nSPS) is 11.4. The summed E-state index contributed by atoms with van der Waals surface area (Å²) in [6.07, 6.45) is 0. The van der Waals surface area contributed by atoms with E-state index in [0.29, 0.717) is 16.7 Å². The summed E-state index contributed by atoms with van der Waals surface area (Å²) >= 11 is 0. The highest BCUT2D eigenvalue weighted by atomic mass is 32.2. The number of hydrogen-bond acceptors (Lipinski definition) is 8. The number of ether oxygens (including phenoxy) is 2. The zero-order chi connectivity index (χ0) is 37.0. The van der Waals surface area contributed by atoms with Gasteiger partial charge in [-0.05, 0) is 46.0 Å². The first-order valence-electron chi connectivity index (χ1n) is 16.3. The number of carbonyl (C=O) groups is 2. The van der Waals surface area contributed by atoms with Crippen molar-refractivity contribution in [3.05, 3.63) is 167 Å². The standard InChI is InChI=1S/C39H39N3O8S2/c1-49-38(43)25-41-51(45,46)28-34-19-17-31(18-20-34)26-42(52(47,48)29-33-15-9-4-10-16-33)35-21-22-37(50-27-32-13-7-3-8-14-32)36(23-35)39(44)40-24-30-11-5-2-6-12-30/h2-23,41H,24-29H2,1H3,(H,40,44). The second kappa shape index (κ2) is 17.6. The van der Waals surface area contributed by atoms with E-state index in [1.807, 2.05) is 60.7 Å². The quantitative estimate of drug-likeness (QED) is 0.122. The predicted octanol–water partition coefficient (Wildman–Crippen LogP) is 5.32. The molecule has 52 heavy (non-hydrogen) atoms. The third-order valence-electron chi connectivity index (χ3n) is 7.93. The summed E-state index contributed by atoms with van der Waals surface area (Å²) in [5.41, 5.74) is 3.76. The van der Waals surface area contributed by atoms with Crippen molar-refractivity contribution in [2.24, 2.45) is 0 Å². The Morgan fingerprint density at radius 3 is 1.83 bits per heavy atom. The molecular weight excluding hydrogens is 703 g/mol. The number of hydrogen-bond donors (Lipinski definition) is 2. The van der Waals surface area contributed by atoms with Gasteiger partial charge in [-0.3, -0.25) is 13.9 Å². The number of carbonyl (C=O) groups excluding carboxylic acids is 2. The number of nitrogens with zero attached hydrogens (tertiary/aromatic N) is 1. The van der Waals surface area contributed by atoms with Gasteiger partial charge in [-0.15, -0.1) is 0 Å². The Kier molecular flexibility index (Phi) is 12.8. The number of rotatable bonds is 17. The SMILES string of the molecule is COC(=O)CNS(=O)(=O)Cc1ccc(CN(c2ccc(OCc3ccccc3)c(C(=O)NCc3ccccc3)c2)S(=O)(=O)Cc2ccccc2)cc1. The van der Waals surface area contributed by atoms with E-state index in [1.54, 1.807) is 66.7 Å². The van der Waals surface area contributed by atoms with Gasteiger partial charge in [-0.1, -0.05) is 115 Å². The fraction of sp³-hybridized carbons (Fsp3) is 0.179. The van der Waals surface area contributed by atoms with E-state index in [9.17, 15) is 26.4 Å². The largest absolute Gasteiger partial charge is 0.488 e. The molecule has 13 heteroatoms. The molecular formula is C39H39N3O8S2. The van der Waals surface area contributed by atoms with Crippen molar-refractivity contribution in [1.82, 2.24) is 10.0 Å². The minimum absolute atomic E-state index is 0.113. The van der Waals surface area contributed by atoms with Crippen LogP contribution in [-0.2, 0) is 60.8 Å². The second-order valence-corrected chi connectivity index (χ2v) is 15.5. The molecule has 0 unspecified atom stereocenters. The van der Waals surface area contributed by atoms with Crippen LogP contribution in [0, 0.1) is 0 Å². The Morgan fingerprint density at radius 1 is 0.654 bits per heavy atom. The number of esters is 1. The van der Waals surface area contributed by atoms with Gasteiger partial charge in [0, 0.05) is 6.54 Å². The van der Waals surface area contributed by atoms with Gasteiger partial charge in [0.2, 0.25) is 20.0 Å². The van der Waals surface area contributed by atoms with Crippen molar-refractivity contribution in [2.75, 3.05) is 18.0 Å². The number of methoxy groups -OCH3 is 1. The van der Waals surface area contributed by atoms with Crippen LogP contribution in [0.5, 0.6) is 5.75 Å². The lowest BCUT2D eigenvalue weighted by molar-refractivity contribution is -0.139. The van der Waals surface area contributed by atoms with Gasteiger partial charge < -0.3 is 14.8 Å². The molecule has 0 spiro atoms. The van der Waals surface area contributed by atoms with Gasteiger partial charge in [-0.2, -0.15) is 0 Å². The fourth-order valence-electron chi connectivity index (χ4n) is 5.22.